The van der Waals surface area contributed by atoms with E-state index in [1.165, 1.54) is 17.1 Å². The number of amides is 1. The summed E-state index contributed by atoms with van der Waals surface area (Å²) in [6, 6.07) is 3.42. The molecule has 140 valence electrons. The lowest BCUT2D eigenvalue weighted by atomic mass is 10.2. The van der Waals surface area contributed by atoms with Gasteiger partial charge in [0.2, 0.25) is 5.91 Å². The number of nitrogens with zero attached hydrogens (tertiary/aromatic N) is 5. The predicted octanol–water partition coefficient (Wildman–Crippen LogP) is 2.58. The van der Waals surface area contributed by atoms with Crippen LogP contribution < -0.4 is 10.9 Å². The third kappa shape index (κ3) is 3.44. The number of hydrogen-bond acceptors (Lipinski definition) is 5. The average Bonchev–Trinajstić information content (AvgIpc) is 3.38. The Bertz CT molecular complexity index is 1080. The highest BCUT2D eigenvalue weighted by atomic mass is 35.5. The van der Waals surface area contributed by atoms with Gasteiger partial charge in [0.05, 0.1) is 16.4 Å². The molecule has 27 heavy (non-hydrogen) atoms. The smallest absolute Gasteiger partial charge is 0.293 e. The highest BCUT2D eigenvalue weighted by molar-refractivity contribution is 6.33. The second kappa shape index (κ2) is 6.77. The molecule has 0 spiro atoms. The van der Waals surface area contributed by atoms with Crippen molar-refractivity contribution >= 4 is 28.7 Å². The highest BCUT2D eigenvalue weighted by Gasteiger charge is 2.28. The molecule has 0 aliphatic heterocycles. The van der Waals surface area contributed by atoms with Crippen molar-refractivity contribution in [3.8, 4) is 0 Å². The number of pyridine rings is 1. The minimum atomic E-state index is -0.390. The molecule has 0 bridgehead atoms. The second-order valence-electron chi connectivity index (χ2n) is 7.02. The van der Waals surface area contributed by atoms with E-state index in [-0.39, 0.29) is 18.0 Å². The van der Waals surface area contributed by atoms with E-state index in [1.807, 2.05) is 19.9 Å². The van der Waals surface area contributed by atoms with E-state index >= 15 is 0 Å². The topological polar surface area (TPSA) is 94.2 Å². The predicted molar refractivity (Wildman–Crippen MR) is 101 cm³/mol. The van der Waals surface area contributed by atoms with Crippen molar-refractivity contribution < 1.29 is 4.79 Å². The minimum absolute atomic E-state index is 0.0454. The first-order chi connectivity index (χ1) is 12.9. The summed E-state index contributed by atoms with van der Waals surface area (Å²) in [7, 11) is 0. The van der Waals surface area contributed by atoms with Crippen LogP contribution in [0.25, 0.3) is 5.52 Å². The van der Waals surface area contributed by atoms with Crippen LogP contribution in [-0.4, -0.2) is 30.3 Å². The summed E-state index contributed by atoms with van der Waals surface area (Å²) in [4.78, 5) is 29.1. The zero-order chi connectivity index (χ0) is 19.1. The Labute approximate surface area is 160 Å². The fraction of sp³-hybridized carbons (Fsp3) is 0.389. The third-order valence-corrected chi connectivity index (χ3v) is 4.78. The van der Waals surface area contributed by atoms with Gasteiger partial charge in [-0.25, -0.2) is 9.20 Å². The molecule has 1 amide bonds. The molecule has 1 N–H and O–H groups in total. The lowest BCUT2D eigenvalue weighted by molar-refractivity contribution is -0.117. The normalized spacial score (nSPS) is 14.1. The standard InChI is InChI=1S/C18H19ClN6O2/c1-10(2)17-23-24(9-16(26)21-13-5-6-20-8-12(13)19)18(27)15-7-14(11-3-4-11)22-25(15)17/h5-8,10-11H,3-4,9H2,1-2H3,(H,20,21,26). The number of fused-ring (bicyclic) bond motifs is 1. The number of rotatable bonds is 5. The van der Waals surface area contributed by atoms with Crippen LogP contribution in [0.3, 0.4) is 0 Å². The zero-order valence-electron chi connectivity index (χ0n) is 15.0. The van der Waals surface area contributed by atoms with E-state index in [2.05, 4.69) is 20.5 Å². The largest absolute Gasteiger partial charge is 0.323 e. The molecule has 0 saturated heterocycles. The average molecular weight is 387 g/mol. The van der Waals surface area contributed by atoms with Gasteiger partial charge in [-0.1, -0.05) is 25.4 Å². The van der Waals surface area contributed by atoms with Gasteiger partial charge in [-0.2, -0.15) is 10.2 Å². The van der Waals surface area contributed by atoms with Crippen molar-refractivity contribution in [2.75, 3.05) is 5.32 Å². The summed E-state index contributed by atoms with van der Waals surface area (Å²) < 4.78 is 2.81. The van der Waals surface area contributed by atoms with E-state index in [0.29, 0.717) is 28.0 Å². The molecule has 3 aromatic rings. The van der Waals surface area contributed by atoms with Crippen LogP contribution in [0.15, 0.2) is 29.3 Å². The summed E-state index contributed by atoms with van der Waals surface area (Å²) in [5.74, 6) is 0.726. The number of carbonyl (C=O) groups excluding carboxylic acids is 1. The lowest BCUT2D eigenvalue weighted by Crippen LogP contribution is -2.32. The van der Waals surface area contributed by atoms with Gasteiger partial charge in [0.1, 0.15) is 12.1 Å². The number of hydrogen-bond donors (Lipinski definition) is 1. The molecule has 4 rings (SSSR count). The zero-order valence-corrected chi connectivity index (χ0v) is 15.8. The maximum absolute atomic E-state index is 12.8. The second-order valence-corrected chi connectivity index (χ2v) is 7.43. The van der Waals surface area contributed by atoms with Crippen LogP contribution in [0.5, 0.6) is 0 Å². The minimum Gasteiger partial charge on any atom is -0.323 e. The summed E-state index contributed by atoms with van der Waals surface area (Å²) in [6.45, 7) is 3.75. The maximum atomic E-state index is 12.8. The Morgan fingerprint density at radius 3 is 2.81 bits per heavy atom. The Kier molecular flexibility index (Phi) is 4.43. The summed E-state index contributed by atoms with van der Waals surface area (Å²) in [5.41, 5.74) is 1.47. The molecule has 1 fully saturated rings. The van der Waals surface area contributed by atoms with Gasteiger partial charge < -0.3 is 5.32 Å². The molecular weight excluding hydrogens is 368 g/mol. The van der Waals surface area contributed by atoms with Gasteiger partial charge in [0.25, 0.3) is 5.56 Å². The van der Waals surface area contributed by atoms with Crippen molar-refractivity contribution in [3.05, 3.63) is 51.4 Å². The first kappa shape index (κ1) is 17.7. The molecule has 0 radical (unpaired) electrons. The Morgan fingerprint density at radius 2 is 2.15 bits per heavy atom. The molecule has 0 unspecified atom stereocenters. The summed E-state index contributed by atoms with van der Waals surface area (Å²) in [5, 5.41) is 12.0. The number of nitrogens with one attached hydrogen (secondary N) is 1. The molecule has 1 aliphatic carbocycles. The van der Waals surface area contributed by atoms with Gasteiger partial charge in [0.15, 0.2) is 5.82 Å². The SMILES string of the molecule is CC(C)c1nn(CC(=O)Nc2ccncc2Cl)c(=O)c2cc(C3CC3)nn12. The summed E-state index contributed by atoms with van der Waals surface area (Å²) in [6.07, 6.45) is 5.16. The molecule has 0 atom stereocenters. The first-order valence-electron chi connectivity index (χ1n) is 8.84. The van der Waals surface area contributed by atoms with Crippen molar-refractivity contribution in [1.29, 1.82) is 0 Å². The van der Waals surface area contributed by atoms with Crippen LogP contribution in [-0.2, 0) is 11.3 Å². The highest BCUT2D eigenvalue weighted by Crippen LogP contribution is 2.39. The molecule has 1 aliphatic rings. The van der Waals surface area contributed by atoms with E-state index in [0.717, 1.165) is 18.5 Å². The molecule has 8 nitrogen and oxygen atoms in total. The van der Waals surface area contributed by atoms with Gasteiger partial charge in [-0.15, -0.1) is 0 Å². The third-order valence-electron chi connectivity index (χ3n) is 4.47. The van der Waals surface area contributed by atoms with Gasteiger partial charge in [0, 0.05) is 24.2 Å². The number of aromatic nitrogens is 5. The van der Waals surface area contributed by atoms with Gasteiger partial charge in [-0.05, 0) is 25.0 Å². The molecule has 9 heteroatoms. The van der Waals surface area contributed by atoms with E-state index < -0.39 is 5.91 Å². The van der Waals surface area contributed by atoms with Crippen LogP contribution in [0, 0.1) is 0 Å². The summed E-state index contributed by atoms with van der Waals surface area (Å²) >= 11 is 6.01. The van der Waals surface area contributed by atoms with E-state index in [4.69, 9.17) is 11.6 Å². The number of anilines is 1. The van der Waals surface area contributed by atoms with Crippen LogP contribution in [0.2, 0.25) is 5.02 Å². The lowest BCUT2D eigenvalue weighted by Gasteiger charge is -2.12. The molecular formula is C18H19ClN6O2. The van der Waals surface area contributed by atoms with Crippen molar-refractivity contribution in [2.24, 2.45) is 0 Å². The number of halogens is 1. The molecule has 1 saturated carbocycles. The van der Waals surface area contributed by atoms with Gasteiger partial charge in [-0.3, -0.25) is 14.6 Å². The Balaban J connectivity index is 1.68. The Hall–Kier alpha value is -2.74. The maximum Gasteiger partial charge on any atom is 0.293 e. The van der Waals surface area contributed by atoms with Crippen molar-refractivity contribution in [3.63, 3.8) is 0 Å². The molecule has 3 aromatic heterocycles. The van der Waals surface area contributed by atoms with E-state index in [9.17, 15) is 9.59 Å². The van der Waals surface area contributed by atoms with Crippen LogP contribution in [0.4, 0.5) is 5.69 Å². The van der Waals surface area contributed by atoms with E-state index in [1.54, 1.807) is 10.6 Å². The van der Waals surface area contributed by atoms with Crippen LogP contribution in [0.1, 0.15) is 50.0 Å². The monoisotopic (exact) mass is 386 g/mol. The number of carbonyl (C=O) groups is 1. The first-order valence-corrected chi connectivity index (χ1v) is 9.22. The van der Waals surface area contributed by atoms with Crippen molar-refractivity contribution in [2.45, 2.75) is 45.1 Å². The fourth-order valence-electron chi connectivity index (χ4n) is 2.92. The fourth-order valence-corrected chi connectivity index (χ4v) is 3.08. The van der Waals surface area contributed by atoms with Crippen LogP contribution >= 0.6 is 11.6 Å². The Morgan fingerprint density at radius 1 is 1.37 bits per heavy atom. The molecule has 3 heterocycles. The van der Waals surface area contributed by atoms with Gasteiger partial charge >= 0.3 is 0 Å². The quantitative estimate of drug-likeness (QED) is 0.727. The molecule has 0 aromatic carbocycles. The van der Waals surface area contributed by atoms with Crippen molar-refractivity contribution in [1.82, 2.24) is 24.4 Å².